The smallest absolute Gasteiger partial charge is 0.309 e. The Kier molecular flexibility index (Phi) is 9.11. The van der Waals surface area contributed by atoms with Crippen molar-refractivity contribution in [1.82, 2.24) is 10.2 Å². The number of ether oxygens (including phenoxy) is 2. The molecule has 1 N–H and O–H groups in total. The molecule has 1 aliphatic rings. The van der Waals surface area contributed by atoms with Crippen molar-refractivity contribution >= 4 is 11.9 Å². The van der Waals surface area contributed by atoms with Gasteiger partial charge in [-0.15, -0.1) is 0 Å². The molecule has 6 nitrogen and oxygen atoms in total. The summed E-state index contributed by atoms with van der Waals surface area (Å²) in [6.45, 7) is 9.80. The molecule has 1 heterocycles. The molecule has 156 valence electrons. The number of rotatable bonds is 8. The van der Waals surface area contributed by atoms with Gasteiger partial charge in [0, 0.05) is 26.7 Å². The molecule has 0 aliphatic carbocycles. The molecule has 0 atom stereocenters. The second-order valence-electron chi connectivity index (χ2n) is 7.59. The van der Waals surface area contributed by atoms with Crippen LogP contribution in [0, 0.1) is 11.8 Å². The molecule has 0 saturated carbocycles. The van der Waals surface area contributed by atoms with Crippen molar-refractivity contribution in [2.24, 2.45) is 16.8 Å². The minimum Gasteiger partial charge on any atom is -0.493 e. The highest BCUT2D eigenvalue weighted by molar-refractivity contribution is 5.80. The summed E-state index contributed by atoms with van der Waals surface area (Å²) in [5.41, 5.74) is 1.26. The number of hydrogen-bond acceptors (Lipinski definition) is 4. The van der Waals surface area contributed by atoms with E-state index < -0.39 is 0 Å². The van der Waals surface area contributed by atoms with Gasteiger partial charge in [-0.25, -0.2) is 0 Å². The van der Waals surface area contributed by atoms with Gasteiger partial charge in [0.1, 0.15) is 5.75 Å². The molecule has 0 spiro atoms. The van der Waals surface area contributed by atoms with Gasteiger partial charge in [0.05, 0.1) is 19.1 Å². The number of nitrogens with one attached hydrogen (secondary N) is 1. The predicted molar refractivity (Wildman–Crippen MR) is 113 cm³/mol. The maximum atomic E-state index is 11.9. The van der Waals surface area contributed by atoms with Gasteiger partial charge < -0.3 is 19.7 Å². The first-order valence-electron chi connectivity index (χ1n) is 10.4. The van der Waals surface area contributed by atoms with Crippen molar-refractivity contribution in [2.45, 2.75) is 40.0 Å². The standard InChI is InChI=1S/C22H35N3O3/c1-5-27-21(26)19-11-14-25(15-12-19)22(23-4)24-13-10-18-6-8-20(9-7-18)28-16-17(2)3/h6-9,17,19H,5,10-16H2,1-4H3,(H,23,24). The van der Waals surface area contributed by atoms with E-state index in [1.807, 2.05) is 19.1 Å². The van der Waals surface area contributed by atoms with E-state index >= 15 is 0 Å². The average Bonchev–Trinajstić information content (AvgIpc) is 2.71. The van der Waals surface area contributed by atoms with Crippen LogP contribution in [-0.2, 0) is 16.0 Å². The first kappa shape index (κ1) is 22.1. The summed E-state index contributed by atoms with van der Waals surface area (Å²) in [4.78, 5) is 18.5. The SMILES string of the molecule is CCOC(=O)C1CCN(C(=NC)NCCc2ccc(OCC(C)C)cc2)CC1. The van der Waals surface area contributed by atoms with Crippen molar-refractivity contribution in [1.29, 1.82) is 0 Å². The summed E-state index contributed by atoms with van der Waals surface area (Å²) in [6, 6.07) is 8.30. The van der Waals surface area contributed by atoms with Gasteiger partial charge in [-0.2, -0.15) is 0 Å². The molecule has 0 bridgehead atoms. The van der Waals surface area contributed by atoms with Crippen LogP contribution >= 0.6 is 0 Å². The lowest BCUT2D eigenvalue weighted by Gasteiger charge is -2.33. The number of carbonyl (C=O) groups is 1. The van der Waals surface area contributed by atoms with Gasteiger partial charge in [0.25, 0.3) is 0 Å². The summed E-state index contributed by atoms with van der Waals surface area (Å²) in [5, 5.41) is 3.44. The van der Waals surface area contributed by atoms with Crippen LogP contribution in [0.2, 0.25) is 0 Å². The van der Waals surface area contributed by atoms with E-state index in [9.17, 15) is 4.79 Å². The largest absolute Gasteiger partial charge is 0.493 e. The quantitative estimate of drug-likeness (QED) is 0.420. The molecule has 1 aromatic rings. The Bertz CT molecular complexity index is 620. The Morgan fingerprint density at radius 2 is 1.93 bits per heavy atom. The van der Waals surface area contributed by atoms with E-state index in [2.05, 4.69) is 41.2 Å². The van der Waals surface area contributed by atoms with Gasteiger partial charge in [-0.05, 0) is 49.8 Å². The fourth-order valence-electron chi connectivity index (χ4n) is 3.25. The molecule has 28 heavy (non-hydrogen) atoms. The first-order valence-corrected chi connectivity index (χ1v) is 10.4. The molecule has 0 radical (unpaired) electrons. The second-order valence-corrected chi connectivity index (χ2v) is 7.59. The van der Waals surface area contributed by atoms with Crippen molar-refractivity contribution in [3.05, 3.63) is 29.8 Å². The van der Waals surface area contributed by atoms with E-state index in [0.29, 0.717) is 12.5 Å². The lowest BCUT2D eigenvalue weighted by Crippen LogP contribution is -2.47. The van der Waals surface area contributed by atoms with Gasteiger partial charge in [0.2, 0.25) is 0 Å². The topological polar surface area (TPSA) is 63.2 Å². The summed E-state index contributed by atoms with van der Waals surface area (Å²) in [6.07, 6.45) is 2.55. The summed E-state index contributed by atoms with van der Waals surface area (Å²) >= 11 is 0. The maximum absolute atomic E-state index is 11.9. The highest BCUT2D eigenvalue weighted by Gasteiger charge is 2.27. The van der Waals surface area contributed by atoms with E-state index in [1.54, 1.807) is 7.05 Å². The third-order valence-electron chi connectivity index (χ3n) is 4.83. The van der Waals surface area contributed by atoms with E-state index in [0.717, 1.165) is 57.2 Å². The summed E-state index contributed by atoms with van der Waals surface area (Å²) < 4.78 is 10.9. The van der Waals surface area contributed by atoms with E-state index in [1.165, 1.54) is 5.56 Å². The van der Waals surface area contributed by atoms with E-state index in [-0.39, 0.29) is 11.9 Å². The van der Waals surface area contributed by atoms with Crippen LogP contribution in [0.15, 0.2) is 29.3 Å². The van der Waals surface area contributed by atoms with Gasteiger partial charge >= 0.3 is 5.97 Å². The molecule has 1 aliphatic heterocycles. The lowest BCUT2D eigenvalue weighted by molar-refractivity contribution is -0.149. The molecule has 0 unspecified atom stereocenters. The summed E-state index contributed by atoms with van der Waals surface area (Å²) in [5.74, 6) is 2.31. The number of guanidine groups is 1. The maximum Gasteiger partial charge on any atom is 0.309 e. The Balaban J connectivity index is 1.73. The summed E-state index contributed by atoms with van der Waals surface area (Å²) in [7, 11) is 1.81. The van der Waals surface area contributed by atoms with Crippen molar-refractivity contribution in [3.8, 4) is 5.75 Å². The van der Waals surface area contributed by atoms with Crippen LogP contribution in [0.5, 0.6) is 5.75 Å². The highest BCUT2D eigenvalue weighted by atomic mass is 16.5. The van der Waals surface area contributed by atoms with Crippen molar-refractivity contribution in [2.75, 3.05) is 39.9 Å². The third kappa shape index (κ3) is 7.06. The number of benzene rings is 1. The predicted octanol–water partition coefficient (Wildman–Crippen LogP) is 3.11. The zero-order valence-corrected chi connectivity index (χ0v) is 17.7. The van der Waals surface area contributed by atoms with Crippen LogP contribution in [0.25, 0.3) is 0 Å². The normalized spacial score (nSPS) is 15.6. The van der Waals surface area contributed by atoms with Crippen LogP contribution in [0.1, 0.15) is 39.2 Å². The Hall–Kier alpha value is -2.24. The van der Waals surface area contributed by atoms with Gasteiger partial charge in [0.15, 0.2) is 5.96 Å². The number of carbonyl (C=O) groups excluding carboxylic acids is 1. The molecule has 1 aromatic carbocycles. The fraction of sp³-hybridized carbons (Fsp3) is 0.636. The van der Waals surface area contributed by atoms with Gasteiger partial charge in [-0.1, -0.05) is 26.0 Å². The number of likely N-dealkylation sites (tertiary alicyclic amines) is 1. The third-order valence-corrected chi connectivity index (χ3v) is 4.83. The Labute approximate surface area is 169 Å². The first-order chi connectivity index (χ1) is 13.5. The zero-order valence-electron chi connectivity index (χ0n) is 17.7. The van der Waals surface area contributed by atoms with Crippen LogP contribution in [0.4, 0.5) is 0 Å². The van der Waals surface area contributed by atoms with Crippen molar-refractivity contribution < 1.29 is 14.3 Å². The second kappa shape index (κ2) is 11.6. The molecule has 0 amide bonds. The minimum absolute atomic E-state index is 0.0192. The monoisotopic (exact) mass is 389 g/mol. The van der Waals surface area contributed by atoms with Crippen molar-refractivity contribution in [3.63, 3.8) is 0 Å². The minimum atomic E-state index is -0.0640. The Morgan fingerprint density at radius 1 is 1.25 bits per heavy atom. The number of nitrogens with zero attached hydrogens (tertiary/aromatic N) is 2. The van der Waals surface area contributed by atoms with Crippen LogP contribution in [0.3, 0.4) is 0 Å². The Morgan fingerprint density at radius 3 is 2.50 bits per heavy atom. The molecular weight excluding hydrogens is 354 g/mol. The molecule has 6 heteroatoms. The average molecular weight is 390 g/mol. The molecular formula is C22H35N3O3. The van der Waals surface area contributed by atoms with Crippen LogP contribution in [-0.4, -0.2) is 56.7 Å². The van der Waals surface area contributed by atoms with Gasteiger partial charge in [-0.3, -0.25) is 9.79 Å². The molecule has 2 rings (SSSR count). The number of hydrogen-bond donors (Lipinski definition) is 1. The number of piperidine rings is 1. The number of esters is 1. The van der Waals surface area contributed by atoms with Crippen LogP contribution < -0.4 is 10.1 Å². The number of aliphatic imine (C=N–C) groups is 1. The molecule has 0 aromatic heterocycles. The molecule has 1 saturated heterocycles. The zero-order chi connectivity index (χ0) is 20.4. The lowest BCUT2D eigenvalue weighted by atomic mass is 9.97. The highest BCUT2D eigenvalue weighted by Crippen LogP contribution is 2.19. The van der Waals surface area contributed by atoms with E-state index in [4.69, 9.17) is 9.47 Å². The fourth-order valence-corrected chi connectivity index (χ4v) is 3.25. The molecule has 1 fully saturated rings.